The number of fused-ring (bicyclic) bond motifs is 1. The standard InChI is InChI=1S/C22H22ClN3O4S/c23-18-9-11-19(12-10-18)31(28,29)13-3-6-20(27)24-22-26-25-21(30-22)17-8-7-15-4-1-2-5-16(15)14-17/h7-12,14H,1-6,13H2,(H,24,26,27). The van der Waals surface area contributed by atoms with E-state index in [0.717, 1.165) is 18.4 Å². The first kappa shape index (κ1) is 21.5. The smallest absolute Gasteiger partial charge is 0.322 e. The summed E-state index contributed by atoms with van der Waals surface area (Å²) in [7, 11) is -3.48. The van der Waals surface area contributed by atoms with Gasteiger partial charge in [0, 0.05) is 17.0 Å². The van der Waals surface area contributed by atoms with Crippen LogP contribution in [0.15, 0.2) is 51.8 Å². The molecule has 162 valence electrons. The Labute approximate surface area is 185 Å². The van der Waals surface area contributed by atoms with Gasteiger partial charge in [0.15, 0.2) is 9.84 Å². The van der Waals surface area contributed by atoms with Crippen LogP contribution in [0, 0.1) is 0 Å². The summed E-state index contributed by atoms with van der Waals surface area (Å²) in [4.78, 5) is 12.3. The maximum Gasteiger partial charge on any atom is 0.322 e. The molecule has 4 rings (SSSR count). The predicted molar refractivity (Wildman–Crippen MR) is 118 cm³/mol. The van der Waals surface area contributed by atoms with Crippen LogP contribution in [-0.4, -0.2) is 30.3 Å². The van der Waals surface area contributed by atoms with Gasteiger partial charge in [0.1, 0.15) is 0 Å². The maximum atomic E-state index is 12.3. The van der Waals surface area contributed by atoms with Crippen molar-refractivity contribution < 1.29 is 17.6 Å². The molecule has 1 aliphatic rings. The van der Waals surface area contributed by atoms with E-state index in [-0.39, 0.29) is 35.4 Å². The Hall–Kier alpha value is -2.71. The van der Waals surface area contributed by atoms with Crippen LogP contribution in [0.25, 0.3) is 11.5 Å². The Morgan fingerprint density at radius 1 is 1.03 bits per heavy atom. The number of sulfone groups is 1. The van der Waals surface area contributed by atoms with Crippen molar-refractivity contribution in [3.63, 3.8) is 0 Å². The fraction of sp³-hybridized carbons (Fsp3) is 0.318. The van der Waals surface area contributed by atoms with E-state index in [0.29, 0.717) is 10.9 Å². The molecule has 0 aliphatic heterocycles. The fourth-order valence-corrected chi connectivity index (χ4v) is 5.06. The van der Waals surface area contributed by atoms with Crippen molar-refractivity contribution >= 4 is 33.4 Å². The molecule has 0 radical (unpaired) electrons. The van der Waals surface area contributed by atoms with E-state index >= 15 is 0 Å². The average molecular weight is 460 g/mol. The summed E-state index contributed by atoms with van der Waals surface area (Å²) in [6, 6.07) is 12.1. The van der Waals surface area contributed by atoms with Crippen molar-refractivity contribution in [1.29, 1.82) is 0 Å². The summed E-state index contributed by atoms with van der Waals surface area (Å²) in [6.45, 7) is 0. The topological polar surface area (TPSA) is 102 Å². The highest BCUT2D eigenvalue weighted by Gasteiger charge is 2.17. The maximum absolute atomic E-state index is 12.3. The number of hydrogen-bond acceptors (Lipinski definition) is 6. The largest absolute Gasteiger partial charge is 0.403 e. The third kappa shape index (κ3) is 5.32. The summed E-state index contributed by atoms with van der Waals surface area (Å²) < 4.78 is 30.2. The molecule has 3 aromatic rings. The van der Waals surface area contributed by atoms with Crippen molar-refractivity contribution in [2.45, 2.75) is 43.4 Å². The molecular formula is C22H22ClN3O4S. The van der Waals surface area contributed by atoms with Crippen LogP contribution in [0.5, 0.6) is 0 Å². The van der Waals surface area contributed by atoms with Crippen LogP contribution >= 0.6 is 11.6 Å². The summed E-state index contributed by atoms with van der Waals surface area (Å²) in [5, 5.41) is 10.9. The Morgan fingerprint density at radius 3 is 2.55 bits per heavy atom. The molecule has 0 atom stereocenters. The van der Waals surface area contributed by atoms with E-state index in [4.69, 9.17) is 16.0 Å². The van der Waals surface area contributed by atoms with Crippen molar-refractivity contribution in [2.24, 2.45) is 0 Å². The number of benzene rings is 2. The minimum absolute atomic E-state index is 0.00159. The molecule has 1 N–H and O–H groups in total. The van der Waals surface area contributed by atoms with Gasteiger partial charge in [0.05, 0.1) is 10.6 Å². The summed E-state index contributed by atoms with van der Waals surface area (Å²) >= 11 is 5.79. The van der Waals surface area contributed by atoms with Crippen LogP contribution in [0.4, 0.5) is 6.01 Å². The van der Waals surface area contributed by atoms with Gasteiger partial charge in [-0.15, -0.1) is 5.10 Å². The highest BCUT2D eigenvalue weighted by atomic mass is 35.5. The lowest BCUT2D eigenvalue weighted by molar-refractivity contribution is -0.116. The number of nitrogens with one attached hydrogen (secondary N) is 1. The van der Waals surface area contributed by atoms with E-state index in [9.17, 15) is 13.2 Å². The molecule has 9 heteroatoms. The third-order valence-corrected chi connectivity index (χ3v) is 7.32. The zero-order valence-electron chi connectivity index (χ0n) is 16.8. The monoisotopic (exact) mass is 459 g/mol. The molecule has 0 unspecified atom stereocenters. The van der Waals surface area contributed by atoms with Gasteiger partial charge in [-0.3, -0.25) is 10.1 Å². The highest BCUT2D eigenvalue weighted by Crippen LogP contribution is 2.27. The minimum atomic E-state index is -3.48. The summed E-state index contributed by atoms with van der Waals surface area (Å²) in [5.74, 6) is -0.187. The lowest BCUT2D eigenvalue weighted by Crippen LogP contribution is -2.14. The van der Waals surface area contributed by atoms with Crippen molar-refractivity contribution in [3.05, 3.63) is 58.6 Å². The molecule has 1 heterocycles. The SMILES string of the molecule is O=C(CCCS(=O)(=O)c1ccc(Cl)cc1)Nc1nnc(-c2ccc3c(c2)CCCC3)o1. The molecule has 0 bridgehead atoms. The first-order valence-corrected chi connectivity index (χ1v) is 12.2. The van der Waals surface area contributed by atoms with Crippen molar-refractivity contribution in [1.82, 2.24) is 10.2 Å². The van der Waals surface area contributed by atoms with Gasteiger partial charge in [-0.25, -0.2) is 8.42 Å². The first-order chi connectivity index (χ1) is 14.9. The lowest BCUT2D eigenvalue weighted by atomic mass is 9.90. The summed E-state index contributed by atoms with van der Waals surface area (Å²) in [5.41, 5.74) is 3.48. The molecule has 1 aliphatic carbocycles. The van der Waals surface area contributed by atoms with Crippen LogP contribution in [-0.2, 0) is 27.5 Å². The molecule has 31 heavy (non-hydrogen) atoms. The second-order valence-electron chi connectivity index (χ2n) is 7.53. The van der Waals surface area contributed by atoms with Gasteiger partial charge in [0.25, 0.3) is 0 Å². The number of amides is 1. The van der Waals surface area contributed by atoms with Crippen molar-refractivity contribution in [3.8, 4) is 11.5 Å². The molecule has 1 amide bonds. The fourth-order valence-electron chi connectivity index (χ4n) is 3.62. The molecule has 2 aromatic carbocycles. The second kappa shape index (κ2) is 9.20. The quantitative estimate of drug-likeness (QED) is 0.559. The number of carbonyl (C=O) groups excluding carboxylic acids is 1. The van der Waals surface area contributed by atoms with Crippen LogP contribution in [0.1, 0.15) is 36.8 Å². The molecule has 0 saturated heterocycles. The van der Waals surface area contributed by atoms with Gasteiger partial charge in [0.2, 0.25) is 11.8 Å². The Morgan fingerprint density at radius 2 is 1.77 bits per heavy atom. The van der Waals surface area contributed by atoms with E-state index < -0.39 is 9.84 Å². The van der Waals surface area contributed by atoms with E-state index in [2.05, 4.69) is 27.6 Å². The van der Waals surface area contributed by atoms with Crippen LogP contribution in [0.2, 0.25) is 5.02 Å². The molecular weight excluding hydrogens is 438 g/mol. The third-order valence-electron chi connectivity index (χ3n) is 5.26. The average Bonchev–Trinajstić information content (AvgIpc) is 3.22. The Balaban J connectivity index is 1.31. The van der Waals surface area contributed by atoms with Gasteiger partial charge in [-0.1, -0.05) is 22.8 Å². The normalized spacial score (nSPS) is 13.6. The zero-order chi connectivity index (χ0) is 21.8. The zero-order valence-corrected chi connectivity index (χ0v) is 18.4. The highest BCUT2D eigenvalue weighted by molar-refractivity contribution is 7.91. The van der Waals surface area contributed by atoms with Gasteiger partial charge in [-0.2, -0.15) is 0 Å². The molecule has 0 saturated carbocycles. The minimum Gasteiger partial charge on any atom is -0.403 e. The molecule has 1 aromatic heterocycles. The first-order valence-electron chi connectivity index (χ1n) is 10.1. The number of anilines is 1. The summed E-state index contributed by atoms with van der Waals surface area (Å²) in [6.07, 6.45) is 4.71. The Bertz CT molecular complexity index is 1190. The van der Waals surface area contributed by atoms with E-state index in [1.54, 1.807) is 0 Å². The number of aromatic nitrogens is 2. The number of halogens is 1. The molecule has 0 fully saturated rings. The van der Waals surface area contributed by atoms with E-state index in [1.165, 1.54) is 48.2 Å². The van der Waals surface area contributed by atoms with Crippen molar-refractivity contribution in [2.75, 3.05) is 11.1 Å². The number of rotatable bonds is 7. The Kier molecular flexibility index (Phi) is 6.38. The lowest BCUT2D eigenvalue weighted by Gasteiger charge is -2.15. The predicted octanol–water partition coefficient (Wildman–Crippen LogP) is 4.46. The molecule has 7 nitrogen and oxygen atoms in total. The van der Waals surface area contributed by atoms with Crippen LogP contribution in [0.3, 0.4) is 0 Å². The number of aryl methyl sites for hydroxylation is 2. The van der Waals surface area contributed by atoms with Gasteiger partial charge >= 0.3 is 6.01 Å². The number of nitrogens with zero attached hydrogens (tertiary/aromatic N) is 2. The van der Waals surface area contributed by atoms with Gasteiger partial charge < -0.3 is 4.42 Å². The van der Waals surface area contributed by atoms with Gasteiger partial charge in [-0.05, 0) is 79.6 Å². The number of hydrogen-bond donors (Lipinski definition) is 1. The number of carbonyl (C=O) groups is 1. The molecule has 0 spiro atoms. The van der Waals surface area contributed by atoms with Crippen LogP contribution < -0.4 is 5.32 Å². The second-order valence-corrected chi connectivity index (χ2v) is 10.1. The van der Waals surface area contributed by atoms with E-state index in [1.807, 2.05) is 6.07 Å².